The van der Waals surface area contributed by atoms with Gasteiger partial charge in [-0.05, 0) is 51.8 Å². The van der Waals surface area contributed by atoms with Crippen molar-refractivity contribution in [2.45, 2.75) is 44.0 Å². The normalized spacial score (nSPS) is 14.9. The lowest BCUT2D eigenvalue weighted by atomic mass is 10.1. The van der Waals surface area contributed by atoms with Crippen LogP contribution in [0.3, 0.4) is 0 Å². The van der Waals surface area contributed by atoms with Crippen LogP contribution in [0.25, 0.3) is 0 Å². The summed E-state index contributed by atoms with van der Waals surface area (Å²) >= 11 is 6.05. The third-order valence-electron chi connectivity index (χ3n) is 4.51. The highest BCUT2D eigenvalue weighted by Gasteiger charge is 2.29. The number of benzene rings is 1. The number of rotatable bonds is 7. The molecule has 2 amide bonds. The van der Waals surface area contributed by atoms with Crippen molar-refractivity contribution in [3.63, 3.8) is 0 Å². The number of halogens is 1. The zero-order chi connectivity index (χ0) is 23.4. The van der Waals surface area contributed by atoms with Crippen molar-refractivity contribution >= 4 is 39.4 Å². The molecule has 1 aromatic rings. The molecular formula is C20H28ClN3O6S. The highest BCUT2D eigenvalue weighted by Crippen LogP contribution is 2.25. The van der Waals surface area contributed by atoms with E-state index in [-0.39, 0.29) is 27.9 Å². The molecular weight excluding hydrogens is 446 g/mol. The van der Waals surface area contributed by atoms with E-state index in [1.807, 2.05) is 20.8 Å². The quantitative estimate of drug-likeness (QED) is 0.602. The second kappa shape index (κ2) is 9.97. The highest BCUT2D eigenvalue weighted by atomic mass is 35.5. The third kappa shape index (κ3) is 6.91. The number of hydrogen-bond donors (Lipinski definition) is 1. The number of likely N-dealkylation sites (N-methyl/N-ethyl adjacent to an activating group) is 1. The van der Waals surface area contributed by atoms with Gasteiger partial charge in [0.05, 0.1) is 22.0 Å². The molecule has 9 nitrogen and oxygen atoms in total. The lowest BCUT2D eigenvalue weighted by molar-refractivity contribution is -0.137. The maximum atomic E-state index is 12.7. The van der Waals surface area contributed by atoms with Crippen LogP contribution in [-0.2, 0) is 24.3 Å². The summed E-state index contributed by atoms with van der Waals surface area (Å²) in [5, 5.41) is 2.74. The minimum Gasteiger partial charge on any atom is -0.452 e. The number of sulfonamides is 1. The zero-order valence-electron chi connectivity index (χ0n) is 18.1. The number of amides is 2. The molecule has 0 bridgehead atoms. The Morgan fingerprint density at radius 1 is 1.19 bits per heavy atom. The van der Waals surface area contributed by atoms with Crippen LogP contribution in [0, 0.1) is 0 Å². The molecule has 11 heteroatoms. The van der Waals surface area contributed by atoms with E-state index in [4.69, 9.17) is 16.3 Å². The number of carbonyl (C=O) groups excluding carboxylic acids is 3. The van der Waals surface area contributed by atoms with Gasteiger partial charge in [-0.1, -0.05) is 11.6 Å². The highest BCUT2D eigenvalue weighted by molar-refractivity contribution is 7.89. The van der Waals surface area contributed by atoms with E-state index in [0.29, 0.717) is 13.1 Å². The van der Waals surface area contributed by atoms with Crippen LogP contribution >= 0.6 is 11.6 Å². The fourth-order valence-electron chi connectivity index (χ4n) is 2.98. The Labute approximate surface area is 187 Å². The number of carbonyl (C=O) groups is 3. The minimum atomic E-state index is -3.74. The topological polar surface area (TPSA) is 113 Å². The van der Waals surface area contributed by atoms with Gasteiger partial charge in [0.1, 0.15) is 0 Å². The van der Waals surface area contributed by atoms with E-state index in [1.165, 1.54) is 23.5 Å². The van der Waals surface area contributed by atoms with E-state index in [9.17, 15) is 22.8 Å². The fraction of sp³-hybridized carbons (Fsp3) is 0.550. The Kier molecular flexibility index (Phi) is 8.07. The maximum absolute atomic E-state index is 12.7. The Bertz CT molecular complexity index is 952. The largest absolute Gasteiger partial charge is 0.452 e. The molecule has 0 aliphatic carbocycles. The van der Waals surface area contributed by atoms with Crippen LogP contribution in [0.5, 0.6) is 0 Å². The van der Waals surface area contributed by atoms with Crippen molar-refractivity contribution in [2.75, 3.05) is 33.3 Å². The summed E-state index contributed by atoms with van der Waals surface area (Å²) in [6.07, 6.45) is 1.57. The van der Waals surface area contributed by atoms with E-state index in [1.54, 1.807) is 0 Å². The molecule has 1 aromatic carbocycles. The first-order chi connectivity index (χ1) is 14.3. The number of hydrogen-bond acceptors (Lipinski definition) is 6. The summed E-state index contributed by atoms with van der Waals surface area (Å²) in [6, 6.07) is 3.80. The number of nitrogens with one attached hydrogen (secondary N) is 1. The van der Waals surface area contributed by atoms with Crippen molar-refractivity contribution in [1.82, 2.24) is 14.5 Å². The van der Waals surface area contributed by atoms with Crippen molar-refractivity contribution in [1.29, 1.82) is 0 Å². The van der Waals surface area contributed by atoms with E-state index in [2.05, 4.69) is 5.32 Å². The van der Waals surface area contributed by atoms with Crippen LogP contribution in [0.4, 0.5) is 0 Å². The molecule has 1 aliphatic rings. The number of ether oxygens (including phenoxy) is 1. The predicted molar refractivity (Wildman–Crippen MR) is 115 cm³/mol. The summed E-state index contributed by atoms with van der Waals surface area (Å²) in [5.74, 6) is -1.86. The smallest absolute Gasteiger partial charge is 0.340 e. The lowest BCUT2D eigenvalue weighted by Crippen LogP contribution is -2.46. The van der Waals surface area contributed by atoms with Gasteiger partial charge in [-0.15, -0.1) is 0 Å². The van der Waals surface area contributed by atoms with Gasteiger partial charge in [0.25, 0.3) is 5.91 Å². The van der Waals surface area contributed by atoms with Gasteiger partial charge in [-0.2, -0.15) is 4.31 Å². The molecule has 1 saturated heterocycles. The molecule has 1 N–H and O–H groups in total. The standard InChI is InChI=1S/C20H28ClN3O6S/c1-20(2,3)22-17(25)12-23(4)18(26)13-30-19(27)15-11-14(7-8-16(15)21)31(28,29)24-9-5-6-10-24/h7-8,11H,5-6,9-10,12-13H2,1-4H3,(H,22,25). The second-order valence-electron chi connectivity index (χ2n) is 8.38. The SMILES string of the molecule is CN(CC(=O)NC(C)(C)C)C(=O)COC(=O)c1cc(S(=O)(=O)N2CCCC2)ccc1Cl. The molecule has 1 aliphatic heterocycles. The van der Waals surface area contributed by atoms with Crippen LogP contribution < -0.4 is 5.32 Å². The van der Waals surface area contributed by atoms with Gasteiger partial charge in [-0.3, -0.25) is 9.59 Å². The van der Waals surface area contributed by atoms with E-state index < -0.39 is 34.0 Å². The molecule has 31 heavy (non-hydrogen) atoms. The Hall–Kier alpha value is -2.17. The van der Waals surface area contributed by atoms with Crippen molar-refractivity contribution < 1.29 is 27.5 Å². The van der Waals surface area contributed by atoms with Crippen molar-refractivity contribution in [2.24, 2.45) is 0 Å². The molecule has 2 rings (SSSR count). The molecule has 0 saturated carbocycles. The third-order valence-corrected chi connectivity index (χ3v) is 6.73. The molecule has 172 valence electrons. The number of nitrogens with zero attached hydrogens (tertiary/aromatic N) is 2. The van der Waals surface area contributed by atoms with Crippen LogP contribution in [0.1, 0.15) is 44.0 Å². The summed E-state index contributed by atoms with van der Waals surface area (Å²) in [4.78, 5) is 37.6. The Balaban J connectivity index is 2.02. The van der Waals surface area contributed by atoms with Gasteiger partial charge < -0.3 is 15.0 Å². The van der Waals surface area contributed by atoms with Gasteiger partial charge >= 0.3 is 5.97 Å². The summed E-state index contributed by atoms with van der Waals surface area (Å²) in [6.45, 7) is 5.49. The van der Waals surface area contributed by atoms with E-state index in [0.717, 1.165) is 23.8 Å². The first-order valence-electron chi connectivity index (χ1n) is 9.83. The molecule has 1 fully saturated rings. The predicted octanol–water partition coefficient (Wildman–Crippen LogP) is 1.65. The molecule has 0 aromatic heterocycles. The van der Waals surface area contributed by atoms with Crippen molar-refractivity contribution in [3.05, 3.63) is 28.8 Å². The maximum Gasteiger partial charge on any atom is 0.340 e. The monoisotopic (exact) mass is 473 g/mol. The van der Waals surface area contributed by atoms with Gasteiger partial charge in [0, 0.05) is 25.7 Å². The number of esters is 1. The molecule has 0 unspecified atom stereocenters. The summed E-state index contributed by atoms with van der Waals surface area (Å²) < 4.78 is 31.8. The van der Waals surface area contributed by atoms with Crippen LogP contribution in [-0.4, -0.2) is 74.2 Å². The van der Waals surface area contributed by atoms with Crippen LogP contribution in [0.15, 0.2) is 23.1 Å². The average molecular weight is 474 g/mol. The minimum absolute atomic E-state index is 0.00994. The average Bonchev–Trinajstić information content (AvgIpc) is 3.20. The van der Waals surface area contributed by atoms with Gasteiger partial charge in [0.2, 0.25) is 15.9 Å². The molecule has 1 heterocycles. The Morgan fingerprint density at radius 2 is 1.81 bits per heavy atom. The van der Waals surface area contributed by atoms with Gasteiger partial charge in [-0.25, -0.2) is 13.2 Å². The lowest BCUT2D eigenvalue weighted by Gasteiger charge is -2.23. The fourth-order valence-corrected chi connectivity index (χ4v) is 4.71. The first-order valence-corrected chi connectivity index (χ1v) is 11.6. The van der Waals surface area contributed by atoms with Crippen LogP contribution in [0.2, 0.25) is 5.02 Å². The first kappa shape index (κ1) is 25.1. The second-order valence-corrected chi connectivity index (χ2v) is 10.7. The van der Waals surface area contributed by atoms with Gasteiger partial charge in [0.15, 0.2) is 6.61 Å². The Morgan fingerprint density at radius 3 is 2.39 bits per heavy atom. The summed E-state index contributed by atoms with van der Waals surface area (Å²) in [5.41, 5.74) is -0.590. The molecule has 0 spiro atoms. The van der Waals surface area contributed by atoms with Crippen molar-refractivity contribution in [3.8, 4) is 0 Å². The summed E-state index contributed by atoms with van der Waals surface area (Å²) in [7, 11) is -2.33. The molecule has 0 radical (unpaired) electrons. The molecule has 0 atom stereocenters. The van der Waals surface area contributed by atoms with E-state index >= 15 is 0 Å². The zero-order valence-corrected chi connectivity index (χ0v) is 19.7.